The summed E-state index contributed by atoms with van der Waals surface area (Å²) in [6.07, 6.45) is 5.17. The number of aryl methyl sites for hydroxylation is 2. The lowest BCUT2D eigenvalue weighted by molar-refractivity contribution is 0.578. The number of nitrogens with two attached hydrogens (primary N) is 1. The first kappa shape index (κ1) is 21.6. The molecule has 35 heavy (non-hydrogen) atoms. The van der Waals surface area contributed by atoms with Gasteiger partial charge >= 0.3 is 0 Å². The van der Waals surface area contributed by atoms with Gasteiger partial charge in [-0.05, 0) is 47.9 Å². The van der Waals surface area contributed by atoms with E-state index in [-0.39, 0.29) is 6.04 Å². The molecule has 2 aromatic heterocycles. The van der Waals surface area contributed by atoms with Gasteiger partial charge in [-0.15, -0.1) is 0 Å². The number of nitrogens with zero attached hydrogens (tertiary/aromatic N) is 5. The quantitative estimate of drug-likeness (QED) is 0.373. The predicted octanol–water partition coefficient (Wildman–Crippen LogP) is 4.92. The molecule has 174 valence electrons. The van der Waals surface area contributed by atoms with E-state index in [2.05, 4.69) is 75.8 Å². The fraction of sp³-hybridized carbons (Fsp3) is 0.148. The molecule has 0 saturated carbocycles. The van der Waals surface area contributed by atoms with Crippen molar-refractivity contribution in [2.75, 3.05) is 5.32 Å². The van der Waals surface area contributed by atoms with E-state index in [1.54, 1.807) is 12.7 Å². The Hall–Kier alpha value is -3.94. The number of aromatic nitrogens is 5. The Balaban J connectivity index is 1.58. The van der Waals surface area contributed by atoms with E-state index in [0.29, 0.717) is 11.0 Å². The zero-order valence-electron chi connectivity index (χ0n) is 19.4. The maximum atomic E-state index is 7.34. The van der Waals surface area contributed by atoms with Gasteiger partial charge in [0.2, 0.25) is 5.95 Å². The molecule has 1 aliphatic heterocycles. The molecule has 7 nitrogen and oxygen atoms in total. The first-order valence-electron chi connectivity index (χ1n) is 11.3. The minimum Gasteiger partial charge on any atom is -0.336 e. The second-order valence-corrected chi connectivity index (χ2v) is 9.41. The lowest BCUT2D eigenvalue weighted by Crippen LogP contribution is -2.41. The highest BCUT2D eigenvalue weighted by molar-refractivity contribution is 6.30. The molecule has 1 aliphatic rings. The SMILES string of the molecule is Cc1ccc(C(N)(c2ccc3c(c2)C(c2cccc(Cl)c2)n2ncnc2N3)c2cncn2C)cc1. The van der Waals surface area contributed by atoms with Gasteiger partial charge in [-0.2, -0.15) is 10.1 Å². The molecule has 3 N–H and O–H groups in total. The van der Waals surface area contributed by atoms with E-state index in [1.807, 2.05) is 40.7 Å². The summed E-state index contributed by atoms with van der Waals surface area (Å²) in [5, 5.41) is 8.60. The van der Waals surface area contributed by atoms with E-state index < -0.39 is 5.54 Å². The van der Waals surface area contributed by atoms with Gasteiger partial charge < -0.3 is 15.6 Å². The zero-order valence-corrected chi connectivity index (χ0v) is 20.1. The molecule has 0 aliphatic carbocycles. The number of nitrogens with one attached hydrogen (secondary N) is 1. The van der Waals surface area contributed by atoms with Gasteiger partial charge in [-0.3, -0.25) is 0 Å². The van der Waals surface area contributed by atoms with Crippen molar-refractivity contribution >= 4 is 23.2 Å². The van der Waals surface area contributed by atoms with Crippen LogP contribution in [0.1, 0.15) is 39.6 Å². The van der Waals surface area contributed by atoms with Crippen LogP contribution < -0.4 is 11.1 Å². The van der Waals surface area contributed by atoms with E-state index in [9.17, 15) is 0 Å². The molecular formula is C27H24ClN7. The van der Waals surface area contributed by atoms with E-state index >= 15 is 0 Å². The molecule has 2 unspecified atom stereocenters. The summed E-state index contributed by atoms with van der Waals surface area (Å²) >= 11 is 6.38. The van der Waals surface area contributed by atoms with E-state index in [0.717, 1.165) is 33.6 Å². The molecule has 0 saturated heterocycles. The molecule has 2 atom stereocenters. The van der Waals surface area contributed by atoms with Crippen molar-refractivity contribution in [1.29, 1.82) is 0 Å². The lowest BCUT2D eigenvalue weighted by atomic mass is 9.79. The van der Waals surface area contributed by atoms with Crippen molar-refractivity contribution in [3.63, 3.8) is 0 Å². The minimum atomic E-state index is -0.921. The fourth-order valence-corrected chi connectivity index (χ4v) is 5.14. The highest BCUT2D eigenvalue weighted by atomic mass is 35.5. The standard InChI is InChI=1S/C27H24ClN7/c1-17-6-8-19(9-7-17)27(29,24-14-30-16-34(24)2)20-10-11-23-22(13-20)25(18-4-3-5-21(28)12-18)35-26(33-23)31-15-32-35/h3-16,25H,29H2,1-2H3,(H,31,32,33). The normalized spacial score (nSPS) is 16.2. The van der Waals surface area contributed by atoms with Gasteiger partial charge in [0.05, 0.1) is 18.2 Å². The Kier molecular flexibility index (Phi) is 4.98. The van der Waals surface area contributed by atoms with Crippen molar-refractivity contribution in [2.45, 2.75) is 18.5 Å². The van der Waals surface area contributed by atoms with Crippen LogP contribution in [0.4, 0.5) is 11.6 Å². The van der Waals surface area contributed by atoms with Gasteiger partial charge in [0.15, 0.2) is 0 Å². The second kappa shape index (κ2) is 8.08. The topological polar surface area (TPSA) is 86.6 Å². The number of imidazole rings is 1. The number of halogens is 1. The monoisotopic (exact) mass is 481 g/mol. The predicted molar refractivity (Wildman–Crippen MR) is 137 cm³/mol. The Labute approximate surface area is 208 Å². The molecule has 0 spiro atoms. The van der Waals surface area contributed by atoms with Crippen LogP contribution in [0.3, 0.4) is 0 Å². The summed E-state index contributed by atoms with van der Waals surface area (Å²) in [5.74, 6) is 0.680. The Bertz CT molecular complexity index is 1540. The van der Waals surface area contributed by atoms with Gasteiger partial charge in [-0.1, -0.05) is 59.6 Å². The molecule has 0 radical (unpaired) electrons. The van der Waals surface area contributed by atoms with Gasteiger partial charge in [0.1, 0.15) is 17.9 Å². The average Bonchev–Trinajstić information content (AvgIpc) is 3.51. The van der Waals surface area contributed by atoms with Crippen molar-refractivity contribution in [3.8, 4) is 0 Å². The smallest absolute Gasteiger partial charge is 0.226 e. The van der Waals surface area contributed by atoms with Crippen LogP contribution in [-0.2, 0) is 12.6 Å². The molecule has 6 rings (SSSR count). The Morgan fingerprint density at radius 2 is 1.83 bits per heavy atom. The van der Waals surface area contributed by atoms with Crippen molar-refractivity contribution in [3.05, 3.63) is 124 Å². The van der Waals surface area contributed by atoms with Crippen molar-refractivity contribution < 1.29 is 0 Å². The summed E-state index contributed by atoms with van der Waals surface area (Å²) in [4.78, 5) is 8.78. The molecule has 3 aromatic carbocycles. The van der Waals surface area contributed by atoms with Crippen LogP contribution >= 0.6 is 11.6 Å². The van der Waals surface area contributed by atoms with Crippen LogP contribution in [0.5, 0.6) is 0 Å². The minimum absolute atomic E-state index is 0.212. The Morgan fingerprint density at radius 1 is 1.03 bits per heavy atom. The maximum Gasteiger partial charge on any atom is 0.226 e. The Morgan fingerprint density at radius 3 is 2.57 bits per heavy atom. The number of hydrogen-bond acceptors (Lipinski definition) is 5. The number of rotatable bonds is 4. The highest BCUT2D eigenvalue weighted by Crippen LogP contribution is 2.42. The molecular weight excluding hydrogens is 458 g/mol. The van der Waals surface area contributed by atoms with Crippen molar-refractivity contribution in [1.82, 2.24) is 24.3 Å². The maximum absolute atomic E-state index is 7.34. The number of hydrogen-bond donors (Lipinski definition) is 2. The lowest BCUT2D eigenvalue weighted by Gasteiger charge is -2.34. The second-order valence-electron chi connectivity index (χ2n) is 8.98. The summed E-state index contributed by atoms with van der Waals surface area (Å²) in [6, 6.07) is 22.3. The average molecular weight is 482 g/mol. The zero-order chi connectivity index (χ0) is 24.2. The van der Waals surface area contributed by atoms with Crippen LogP contribution in [0, 0.1) is 6.92 Å². The molecule has 8 heteroatoms. The largest absolute Gasteiger partial charge is 0.336 e. The van der Waals surface area contributed by atoms with E-state index in [4.69, 9.17) is 17.3 Å². The first-order valence-corrected chi connectivity index (χ1v) is 11.7. The van der Waals surface area contributed by atoms with Gasteiger partial charge in [0.25, 0.3) is 0 Å². The summed E-state index contributed by atoms with van der Waals surface area (Å²) in [7, 11) is 1.97. The number of anilines is 2. The summed E-state index contributed by atoms with van der Waals surface area (Å²) in [5.41, 5.74) is 13.4. The van der Waals surface area contributed by atoms with Gasteiger partial charge in [0, 0.05) is 23.3 Å². The van der Waals surface area contributed by atoms with E-state index in [1.165, 1.54) is 5.56 Å². The first-order chi connectivity index (χ1) is 16.9. The van der Waals surface area contributed by atoms with Crippen LogP contribution in [0.25, 0.3) is 0 Å². The molecule has 0 fully saturated rings. The summed E-state index contributed by atoms with van der Waals surface area (Å²) in [6.45, 7) is 2.07. The highest BCUT2D eigenvalue weighted by Gasteiger charge is 2.37. The third kappa shape index (κ3) is 3.43. The van der Waals surface area contributed by atoms with Gasteiger partial charge in [-0.25, -0.2) is 9.67 Å². The third-order valence-corrected chi connectivity index (χ3v) is 6.99. The third-order valence-electron chi connectivity index (χ3n) is 6.76. The van der Waals surface area contributed by atoms with Crippen LogP contribution in [0.15, 0.2) is 85.6 Å². The van der Waals surface area contributed by atoms with Crippen LogP contribution in [0.2, 0.25) is 5.02 Å². The fourth-order valence-electron chi connectivity index (χ4n) is 4.94. The summed E-state index contributed by atoms with van der Waals surface area (Å²) < 4.78 is 3.85. The van der Waals surface area contributed by atoms with Crippen molar-refractivity contribution in [2.24, 2.45) is 12.8 Å². The number of fused-ring (bicyclic) bond motifs is 2. The number of benzene rings is 3. The molecule has 5 aromatic rings. The molecule has 0 bridgehead atoms. The molecule has 0 amide bonds. The van der Waals surface area contributed by atoms with Crippen LogP contribution in [-0.4, -0.2) is 24.3 Å². The molecule has 3 heterocycles.